The predicted molar refractivity (Wildman–Crippen MR) is 141 cm³/mol. The number of fused-ring (bicyclic) bond motifs is 1. The summed E-state index contributed by atoms with van der Waals surface area (Å²) in [5.41, 5.74) is 0.886. The summed E-state index contributed by atoms with van der Waals surface area (Å²) in [6, 6.07) is 18.0. The fraction of sp³-hybridized carbons (Fsp3) is 0.115. The minimum Gasteiger partial charge on any atom is -0.505 e. The van der Waals surface area contributed by atoms with Crippen LogP contribution in [0.3, 0.4) is 0 Å². The second-order valence-electron chi connectivity index (χ2n) is 8.00. The Kier molecular flexibility index (Phi) is 7.44. The third-order valence-corrected chi connectivity index (χ3v) is 6.87. The van der Waals surface area contributed by atoms with Gasteiger partial charge in [0.15, 0.2) is 5.75 Å². The number of amides is 1. The number of anilines is 1. The molecule has 190 valence electrons. The van der Waals surface area contributed by atoms with Crippen molar-refractivity contribution in [2.24, 2.45) is 10.2 Å². The van der Waals surface area contributed by atoms with Gasteiger partial charge in [0.25, 0.3) is 16.0 Å². The van der Waals surface area contributed by atoms with Crippen LogP contribution in [0.25, 0.3) is 10.8 Å². The summed E-state index contributed by atoms with van der Waals surface area (Å²) in [5, 5.41) is 23.0. The minimum atomic E-state index is -4.53. The summed E-state index contributed by atoms with van der Waals surface area (Å²) >= 11 is 6.05. The van der Waals surface area contributed by atoms with Gasteiger partial charge in [0.2, 0.25) is 0 Å². The van der Waals surface area contributed by atoms with Crippen molar-refractivity contribution >= 4 is 55.5 Å². The van der Waals surface area contributed by atoms with Gasteiger partial charge in [-0.15, -0.1) is 5.11 Å². The third kappa shape index (κ3) is 5.72. The highest BCUT2D eigenvalue weighted by Crippen LogP contribution is 2.40. The second-order valence-corrected chi connectivity index (χ2v) is 9.77. The van der Waals surface area contributed by atoms with Crippen LogP contribution in [0.15, 0.2) is 81.9 Å². The average Bonchev–Trinajstić information content (AvgIpc) is 2.83. The van der Waals surface area contributed by atoms with Crippen LogP contribution in [0.1, 0.15) is 22.8 Å². The molecular formula is C26H22ClN3O6S. The SMILES string of the molecule is CCOc1ccc(NC(=O)c2cc3ccccc3c(N=Nc3cc(C)c(S(=O)(=O)O)c(Cl)c3)c2O)cc1. The maximum absolute atomic E-state index is 13.1. The number of carbonyl (C=O) groups is 1. The van der Waals surface area contributed by atoms with E-state index in [2.05, 4.69) is 15.5 Å². The molecule has 9 nitrogen and oxygen atoms in total. The van der Waals surface area contributed by atoms with Gasteiger partial charge in [0.1, 0.15) is 16.3 Å². The number of hydrogen-bond acceptors (Lipinski definition) is 7. The first-order valence-corrected chi connectivity index (χ1v) is 12.9. The van der Waals surface area contributed by atoms with Crippen LogP contribution < -0.4 is 10.1 Å². The molecule has 0 heterocycles. The molecule has 0 bridgehead atoms. The Labute approximate surface area is 218 Å². The third-order valence-electron chi connectivity index (χ3n) is 5.40. The van der Waals surface area contributed by atoms with E-state index in [1.165, 1.54) is 19.1 Å². The van der Waals surface area contributed by atoms with Crippen molar-refractivity contribution in [3.8, 4) is 11.5 Å². The number of aromatic hydroxyl groups is 1. The fourth-order valence-electron chi connectivity index (χ4n) is 3.80. The van der Waals surface area contributed by atoms with E-state index in [0.717, 1.165) is 0 Å². The van der Waals surface area contributed by atoms with Gasteiger partial charge >= 0.3 is 0 Å². The number of benzene rings is 4. The van der Waals surface area contributed by atoms with Crippen molar-refractivity contribution in [3.05, 3.63) is 82.9 Å². The number of rotatable bonds is 7. The number of hydrogen-bond donors (Lipinski definition) is 3. The van der Waals surface area contributed by atoms with Crippen LogP contribution in [-0.2, 0) is 10.1 Å². The molecule has 0 unspecified atom stereocenters. The quantitative estimate of drug-likeness (QED) is 0.174. The van der Waals surface area contributed by atoms with E-state index in [4.69, 9.17) is 16.3 Å². The molecule has 0 aliphatic rings. The van der Waals surface area contributed by atoms with Crippen molar-refractivity contribution in [1.82, 2.24) is 0 Å². The highest BCUT2D eigenvalue weighted by atomic mass is 35.5. The van der Waals surface area contributed by atoms with E-state index in [0.29, 0.717) is 28.8 Å². The lowest BCUT2D eigenvalue weighted by atomic mass is 10.0. The number of phenols is 1. The molecule has 0 saturated heterocycles. The van der Waals surface area contributed by atoms with Crippen molar-refractivity contribution in [2.45, 2.75) is 18.7 Å². The number of phenolic OH excluding ortho intramolecular Hbond substituents is 1. The molecule has 4 rings (SSSR count). The van der Waals surface area contributed by atoms with Crippen molar-refractivity contribution in [2.75, 3.05) is 11.9 Å². The zero-order valence-corrected chi connectivity index (χ0v) is 21.3. The van der Waals surface area contributed by atoms with Crippen LogP contribution in [0.4, 0.5) is 17.1 Å². The number of ether oxygens (including phenoxy) is 1. The smallest absolute Gasteiger partial charge is 0.296 e. The van der Waals surface area contributed by atoms with E-state index < -0.39 is 20.9 Å². The summed E-state index contributed by atoms with van der Waals surface area (Å²) in [5.74, 6) is -0.278. The Morgan fingerprint density at radius 2 is 1.76 bits per heavy atom. The highest BCUT2D eigenvalue weighted by Gasteiger charge is 2.20. The first-order chi connectivity index (χ1) is 17.6. The number of nitrogens with zero attached hydrogens (tertiary/aromatic N) is 2. The molecule has 4 aromatic carbocycles. The monoisotopic (exact) mass is 539 g/mol. The van der Waals surface area contributed by atoms with Gasteiger partial charge in [0, 0.05) is 11.1 Å². The number of azo groups is 1. The molecule has 3 N–H and O–H groups in total. The van der Waals surface area contributed by atoms with E-state index in [-0.39, 0.29) is 33.3 Å². The first-order valence-electron chi connectivity index (χ1n) is 11.1. The molecule has 0 aromatic heterocycles. The lowest BCUT2D eigenvalue weighted by Gasteiger charge is -2.12. The zero-order chi connectivity index (χ0) is 26.7. The van der Waals surface area contributed by atoms with Crippen LogP contribution in [-0.4, -0.2) is 30.6 Å². The van der Waals surface area contributed by atoms with Crippen molar-refractivity contribution in [1.29, 1.82) is 0 Å². The van der Waals surface area contributed by atoms with E-state index in [1.54, 1.807) is 54.6 Å². The number of halogens is 1. The van der Waals surface area contributed by atoms with Gasteiger partial charge in [-0.3, -0.25) is 9.35 Å². The normalized spacial score (nSPS) is 11.7. The van der Waals surface area contributed by atoms with Crippen LogP contribution in [0.2, 0.25) is 5.02 Å². The van der Waals surface area contributed by atoms with Gasteiger partial charge in [-0.1, -0.05) is 35.9 Å². The van der Waals surface area contributed by atoms with Gasteiger partial charge in [-0.2, -0.15) is 13.5 Å². The van der Waals surface area contributed by atoms with Crippen LogP contribution >= 0.6 is 11.6 Å². The van der Waals surface area contributed by atoms with Gasteiger partial charge in [0.05, 0.1) is 22.9 Å². The summed E-state index contributed by atoms with van der Waals surface area (Å²) in [4.78, 5) is 12.6. The predicted octanol–water partition coefficient (Wildman–Crippen LogP) is 6.82. The van der Waals surface area contributed by atoms with Gasteiger partial charge in [-0.25, -0.2) is 0 Å². The first kappa shape index (κ1) is 26.1. The standard InChI is InChI=1S/C26H22ClN3O6S/c1-3-36-19-10-8-17(9-11-19)28-26(32)21-13-16-6-4-5-7-20(16)23(24(21)31)30-29-18-12-15(2)25(22(27)14-18)37(33,34)35/h4-14,31H,3H2,1-2H3,(H,28,32)(H,33,34,35). The highest BCUT2D eigenvalue weighted by molar-refractivity contribution is 7.86. The Hall–Kier alpha value is -3.99. The molecule has 0 aliphatic carbocycles. The molecule has 0 radical (unpaired) electrons. The maximum Gasteiger partial charge on any atom is 0.296 e. The molecule has 0 spiro atoms. The fourth-order valence-corrected chi connectivity index (χ4v) is 5.12. The summed E-state index contributed by atoms with van der Waals surface area (Å²) in [6.07, 6.45) is 0. The molecule has 0 fully saturated rings. The Morgan fingerprint density at radius 1 is 1.05 bits per heavy atom. The largest absolute Gasteiger partial charge is 0.505 e. The van der Waals surface area contributed by atoms with Crippen LogP contribution in [0.5, 0.6) is 11.5 Å². The molecule has 0 saturated carbocycles. The average molecular weight is 540 g/mol. The second kappa shape index (κ2) is 10.6. The molecule has 37 heavy (non-hydrogen) atoms. The maximum atomic E-state index is 13.1. The van der Waals surface area contributed by atoms with Gasteiger partial charge in [-0.05, 0) is 67.3 Å². The molecule has 4 aromatic rings. The van der Waals surface area contributed by atoms with Crippen molar-refractivity contribution in [3.63, 3.8) is 0 Å². The lowest BCUT2D eigenvalue weighted by Crippen LogP contribution is -2.12. The molecule has 1 amide bonds. The molecule has 11 heteroatoms. The van der Waals surface area contributed by atoms with Crippen LogP contribution in [0, 0.1) is 6.92 Å². The number of carbonyl (C=O) groups excluding carboxylic acids is 1. The van der Waals surface area contributed by atoms with E-state index in [9.17, 15) is 22.9 Å². The Balaban J connectivity index is 1.73. The molecule has 0 atom stereocenters. The number of nitrogens with one attached hydrogen (secondary N) is 1. The van der Waals surface area contributed by atoms with Gasteiger partial charge < -0.3 is 15.2 Å². The summed E-state index contributed by atoms with van der Waals surface area (Å²) in [7, 11) is -4.53. The molecule has 0 aliphatic heterocycles. The topological polar surface area (TPSA) is 138 Å². The number of aryl methyl sites for hydroxylation is 1. The Morgan fingerprint density at radius 3 is 2.41 bits per heavy atom. The minimum absolute atomic E-state index is 0.0162. The van der Waals surface area contributed by atoms with E-state index >= 15 is 0 Å². The molecular weight excluding hydrogens is 518 g/mol. The summed E-state index contributed by atoms with van der Waals surface area (Å²) in [6.45, 7) is 3.84. The van der Waals surface area contributed by atoms with E-state index in [1.807, 2.05) is 6.92 Å². The zero-order valence-electron chi connectivity index (χ0n) is 19.8. The summed E-state index contributed by atoms with van der Waals surface area (Å²) < 4.78 is 37.9. The Bertz CT molecular complexity index is 1610. The lowest BCUT2D eigenvalue weighted by molar-refractivity contribution is 0.102. The van der Waals surface area contributed by atoms with Crippen molar-refractivity contribution < 1.29 is 27.6 Å².